The fourth-order valence-electron chi connectivity index (χ4n) is 4.68. The normalized spacial score (nSPS) is 15.3. The Labute approximate surface area is 210 Å². The van der Waals surface area contributed by atoms with E-state index in [0.717, 1.165) is 18.5 Å². The number of aromatic nitrogens is 5. The Bertz CT molecular complexity index is 1650. The van der Waals surface area contributed by atoms with Crippen LogP contribution < -0.4 is 10.9 Å². The molecule has 0 saturated carbocycles. The van der Waals surface area contributed by atoms with Crippen molar-refractivity contribution in [1.29, 1.82) is 0 Å². The van der Waals surface area contributed by atoms with E-state index in [-0.39, 0.29) is 5.56 Å². The van der Waals surface area contributed by atoms with Crippen molar-refractivity contribution in [3.8, 4) is 5.69 Å². The third kappa shape index (κ3) is 3.65. The van der Waals surface area contributed by atoms with Crippen molar-refractivity contribution in [2.24, 2.45) is 0 Å². The highest BCUT2D eigenvalue weighted by Crippen LogP contribution is 2.30. The summed E-state index contributed by atoms with van der Waals surface area (Å²) in [6.07, 6.45) is 6.92. The molecule has 1 atom stereocenters. The van der Waals surface area contributed by atoms with E-state index >= 15 is 0 Å². The molecule has 8 nitrogen and oxygen atoms in total. The van der Waals surface area contributed by atoms with Gasteiger partial charge in [-0.3, -0.25) is 9.20 Å². The second kappa shape index (κ2) is 8.34. The van der Waals surface area contributed by atoms with Crippen LogP contribution in [0.1, 0.15) is 11.1 Å². The third-order valence-corrected chi connectivity index (χ3v) is 7.13. The molecule has 0 spiro atoms. The van der Waals surface area contributed by atoms with Crippen molar-refractivity contribution in [3.63, 3.8) is 0 Å². The Morgan fingerprint density at radius 2 is 1.83 bits per heavy atom. The fraction of sp³-hybridized carbons (Fsp3) is 0.200. The summed E-state index contributed by atoms with van der Waals surface area (Å²) >= 11 is 12.8. The molecule has 35 heavy (non-hydrogen) atoms. The summed E-state index contributed by atoms with van der Waals surface area (Å²) in [5, 5.41) is 4.30. The number of para-hydroxylation sites is 1. The zero-order valence-electron chi connectivity index (χ0n) is 19.0. The van der Waals surface area contributed by atoms with Crippen LogP contribution in [-0.4, -0.2) is 49.0 Å². The lowest BCUT2D eigenvalue weighted by atomic mass is 10.1. The van der Waals surface area contributed by atoms with E-state index in [1.165, 1.54) is 21.9 Å². The minimum Gasteiger partial charge on any atom is -0.324 e. The number of halogens is 2. The van der Waals surface area contributed by atoms with Gasteiger partial charge in [0.15, 0.2) is 5.65 Å². The first-order valence-corrected chi connectivity index (χ1v) is 11.9. The van der Waals surface area contributed by atoms with Crippen LogP contribution in [0.4, 0.5) is 11.6 Å². The highest BCUT2D eigenvalue weighted by molar-refractivity contribution is 6.37. The molecule has 0 aliphatic heterocycles. The van der Waals surface area contributed by atoms with Gasteiger partial charge in [0, 0.05) is 30.3 Å². The average molecular weight is 506 g/mol. The second-order valence-electron chi connectivity index (χ2n) is 8.87. The number of fused-ring (bicyclic) bond motifs is 4. The van der Waals surface area contributed by atoms with Gasteiger partial charge in [0.25, 0.3) is 5.56 Å². The molecule has 3 heterocycles. The molecule has 0 fully saturated rings. The molecule has 6 rings (SSSR count). The van der Waals surface area contributed by atoms with E-state index in [2.05, 4.69) is 51.4 Å². The molecule has 0 radical (unpaired) electrons. The molecule has 1 aliphatic carbocycles. The largest absolute Gasteiger partial charge is 0.324 e. The highest BCUT2D eigenvalue weighted by Gasteiger charge is 2.23. The van der Waals surface area contributed by atoms with E-state index in [4.69, 9.17) is 23.2 Å². The van der Waals surface area contributed by atoms with E-state index in [1.54, 1.807) is 35.0 Å². The molecule has 0 amide bonds. The van der Waals surface area contributed by atoms with Crippen LogP contribution in [0.2, 0.25) is 10.0 Å². The highest BCUT2D eigenvalue weighted by atomic mass is 35.5. The van der Waals surface area contributed by atoms with Gasteiger partial charge in [-0.2, -0.15) is 4.98 Å². The van der Waals surface area contributed by atoms with Crippen molar-refractivity contribution in [3.05, 3.63) is 86.5 Å². The predicted octanol–water partition coefficient (Wildman–Crippen LogP) is 4.51. The number of anilines is 2. The Morgan fingerprint density at radius 1 is 1.06 bits per heavy atom. The molecule has 1 unspecified atom stereocenters. The molecule has 2 aromatic carbocycles. The van der Waals surface area contributed by atoms with Crippen molar-refractivity contribution < 1.29 is 0 Å². The van der Waals surface area contributed by atoms with Crippen LogP contribution in [0.15, 0.2) is 59.8 Å². The molecular weight excluding hydrogens is 485 g/mol. The van der Waals surface area contributed by atoms with E-state index in [9.17, 15) is 4.79 Å². The van der Waals surface area contributed by atoms with Crippen LogP contribution in [0.25, 0.3) is 22.5 Å². The summed E-state index contributed by atoms with van der Waals surface area (Å²) in [5.41, 5.74) is 4.05. The van der Waals surface area contributed by atoms with Gasteiger partial charge in [-0.25, -0.2) is 14.5 Å². The second-order valence-corrected chi connectivity index (χ2v) is 9.69. The maximum Gasteiger partial charge on any atom is 0.270 e. The minimum absolute atomic E-state index is 0.319. The minimum atomic E-state index is -0.354. The van der Waals surface area contributed by atoms with Crippen molar-refractivity contribution in [2.45, 2.75) is 18.9 Å². The van der Waals surface area contributed by atoms with Crippen LogP contribution in [0, 0.1) is 0 Å². The molecule has 10 heteroatoms. The van der Waals surface area contributed by atoms with Crippen molar-refractivity contribution in [2.75, 3.05) is 19.4 Å². The summed E-state index contributed by atoms with van der Waals surface area (Å²) in [7, 11) is 4.23. The first kappa shape index (κ1) is 22.0. The molecule has 0 bridgehead atoms. The van der Waals surface area contributed by atoms with Crippen molar-refractivity contribution in [1.82, 2.24) is 28.8 Å². The Hall–Kier alpha value is -3.46. The number of likely N-dealkylation sites (N-methyl/N-ethyl adjacent to an activating group) is 1. The summed E-state index contributed by atoms with van der Waals surface area (Å²) in [6.45, 7) is 0. The number of nitrogens with zero attached hydrogens (tertiary/aromatic N) is 6. The van der Waals surface area contributed by atoms with Gasteiger partial charge in [0.1, 0.15) is 5.39 Å². The van der Waals surface area contributed by atoms with Crippen molar-refractivity contribution >= 4 is 51.6 Å². The van der Waals surface area contributed by atoms with Gasteiger partial charge in [-0.1, -0.05) is 35.3 Å². The quantitative estimate of drug-likeness (QED) is 0.387. The number of benzene rings is 2. The first-order valence-electron chi connectivity index (χ1n) is 11.1. The van der Waals surface area contributed by atoms with Crippen LogP contribution in [-0.2, 0) is 12.8 Å². The summed E-state index contributed by atoms with van der Waals surface area (Å²) in [4.78, 5) is 29.3. The molecule has 5 aromatic rings. The van der Waals surface area contributed by atoms with E-state index < -0.39 is 0 Å². The first-order chi connectivity index (χ1) is 16.9. The standard InChI is InChI=1S/C25H21Cl2N7O/c1-32(2)17-11-14-6-7-16(10-15(14)12-17)30-24-29-13-18-22(31-24)33-9-8-28-25(33)34(23(18)35)21-19(26)4-3-5-20(21)27/h3-10,13,17H,11-12H2,1-2H3,(H,29,30,31). The lowest BCUT2D eigenvalue weighted by Crippen LogP contribution is -2.27. The van der Waals surface area contributed by atoms with Gasteiger partial charge in [0.2, 0.25) is 11.7 Å². The van der Waals surface area contributed by atoms with Crippen LogP contribution in [0.5, 0.6) is 0 Å². The van der Waals surface area contributed by atoms with Crippen LogP contribution >= 0.6 is 23.2 Å². The van der Waals surface area contributed by atoms with E-state index in [1.807, 2.05) is 6.07 Å². The Morgan fingerprint density at radius 3 is 2.60 bits per heavy atom. The molecule has 176 valence electrons. The molecule has 3 aromatic heterocycles. The zero-order valence-corrected chi connectivity index (χ0v) is 20.5. The molecule has 1 aliphatic rings. The number of hydrogen-bond acceptors (Lipinski definition) is 6. The van der Waals surface area contributed by atoms with Gasteiger partial charge < -0.3 is 10.2 Å². The van der Waals surface area contributed by atoms with Gasteiger partial charge in [-0.15, -0.1) is 0 Å². The number of hydrogen-bond donors (Lipinski definition) is 1. The predicted molar refractivity (Wildman–Crippen MR) is 139 cm³/mol. The lowest BCUT2D eigenvalue weighted by Gasteiger charge is -2.17. The fourth-order valence-corrected chi connectivity index (χ4v) is 5.24. The molecule has 1 N–H and O–H groups in total. The van der Waals surface area contributed by atoms with Gasteiger partial charge in [0.05, 0.1) is 15.7 Å². The smallest absolute Gasteiger partial charge is 0.270 e. The number of nitrogens with one attached hydrogen (secondary N) is 1. The van der Waals surface area contributed by atoms with Gasteiger partial charge >= 0.3 is 0 Å². The maximum atomic E-state index is 13.5. The topological polar surface area (TPSA) is 80.4 Å². The monoisotopic (exact) mass is 505 g/mol. The molecule has 0 saturated heterocycles. The zero-order chi connectivity index (χ0) is 24.3. The average Bonchev–Trinajstić information content (AvgIpc) is 3.48. The molecular formula is C25H21Cl2N7O. The summed E-state index contributed by atoms with van der Waals surface area (Å²) < 4.78 is 3.12. The number of imidazole rings is 1. The van der Waals surface area contributed by atoms with Crippen LogP contribution in [0.3, 0.4) is 0 Å². The SMILES string of the molecule is CN(C)C1Cc2ccc(Nc3ncc4c(=O)n(-c5c(Cl)cccc5Cl)c5nccn5c4n3)cc2C1. The Kier molecular flexibility index (Phi) is 5.25. The number of rotatable bonds is 4. The summed E-state index contributed by atoms with van der Waals surface area (Å²) in [6, 6.07) is 11.9. The van der Waals surface area contributed by atoms with E-state index in [0.29, 0.717) is 44.5 Å². The Balaban J connectivity index is 1.44. The van der Waals surface area contributed by atoms with Gasteiger partial charge in [-0.05, 0) is 62.3 Å². The lowest BCUT2D eigenvalue weighted by molar-refractivity contribution is 0.303. The third-order valence-electron chi connectivity index (χ3n) is 6.52. The summed E-state index contributed by atoms with van der Waals surface area (Å²) in [5.74, 6) is 0.747. The maximum absolute atomic E-state index is 13.5.